The molecule has 5 rings (SSSR count). The molecule has 0 radical (unpaired) electrons. The molecule has 0 aliphatic carbocycles. The van der Waals surface area contributed by atoms with Crippen molar-refractivity contribution in [1.82, 2.24) is 29.5 Å². The van der Waals surface area contributed by atoms with Gasteiger partial charge in [0.15, 0.2) is 0 Å². The number of nitrogens with one attached hydrogen (secondary N) is 1. The zero-order valence-corrected chi connectivity index (χ0v) is 20.1. The van der Waals surface area contributed by atoms with Gasteiger partial charge in [-0.05, 0) is 43.3 Å². The topological polar surface area (TPSA) is 96.2 Å². The number of thiazole rings is 1. The van der Waals surface area contributed by atoms with Gasteiger partial charge >= 0.3 is 0 Å². The van der Waals surface area contributed by atoms with Crippen molar-refractivity contribution in [3.05, 3.63) is 88.4 Å². The Morgan fingerprint density at radius 3 is 2.51 bits per heavy atom. The van der Waals surface area contributed by atoms with Crippen LogP contribution in [-0.4, -0.2) is 67.5 Å². The van der Waals surface area contributed by atoms with Gasteiger partial charge in [0.1, 0.15) is 0 Å². The first kappa shape index (κ1) is 22.9. The Balaban J connectivity index is 1.16. The molecule has 10 heteroatoms. The lowest BCUT2D eigenvalue weighted by atomic mass is 10.1. The van der Waals surface area contributed by atoms with Crippen LogP contribution in [0.3, 0.4) is 0 Å². The molecular formula is C25H25N7O2S. The lowest BCUT2D eigenvalue weighted by molar-refractivity contribution is 0.0627. The Labute approximate surface area is 207 Å². The Kier molecular flexibility index (Phi) is 6.64. The summed E-state index contributed by atoms with van der Waals surface area (Å²) in [6, 6.07) is 10.8. The molecule has 4 aromatic rings. The first-order valence-corrected chi connectivity index (χ1v) is 12.2. The minimum atomic E-state index is -0.250. The monoisotopic (exact) mass is 487 g/mol. The Morgan fingerprint density at radius 1 is 1.03 bits per heavy atom. The Bertz CT molecular complexity index is 1310. The number of piperazine rings is 1. The van der Waals surface area contributed by atoms with Crippen LogP contribution in [0, 0.1) is 6.92 Å². The van der Waals surface area contributed by atoms with E-state index in [2.05, 4.69) is 30.7 Å². The molecule has 0 saturated carbocycles. The van der Waals surface area contributed by atoms with Crippen molar-refractivity contribution in [3.8, 4) is 5.69 Å². The van der Waals surface area contributed by atoms with Gasteiger partial charge in [-0.15, -0.1) is 11.3 Å². The number of rotatable bonds is 6. The molecule has 35 heavy (non-hydrogen) atoms. The maximum absolute atomic E-state index is 13.0. The minimum absolute atomic E-state index is 0.0330. The molecule has 1 aromatic carbocycles. The standard InChI is InChI=1S/C25H25N7O2S/c1-18-28-22(17-35-18)15-30-9-11-31(12-10-30)25(34)19-4-6-23(7-5-19)32-16-21(14-27-32)29-24(33)20-3-2-8-26-13-20/h2-8,13-14,16-17H,9-12,15H2,1H3,(H,29,33). The van der Waals surface area contributed by atoms with E-state index in [0.717, 1.165) is 36.0 Å². The van der Waals surface area contributed by atoms with Crippen molar-refractivity contribution in [2.24, 2.45) is 0 Å². The van der Waals surface area contributed by atoms with E-state index in [1.54, 1.807) is 46.7 Å². The number of anilines is 1. The highest BCUT2D eigenvalue weighted by atomic mass is 32.1. The van der Waals surface area contributed by atoms with Gasteiger partial charge in [0.2, 0.25) is 0 Å². The summed E-state index contributed by atoms with van der Waals surface area (Å²) in [4.78, 5) is 38.0. The van der Waals surface area contributed by atoms with Gasteiger partial charge in [0.05, 0.1) is 40.0 Å². The predicted octanol–water partition coefficient (Wildman–Crippen LogP) is 3.24. The molecule has 1 aliphatic heterocycles. The maximum Gasteiger partial charge on any atom is 0.257 e. The van der Waals surface area contributed by atoms with Crippen LogP contribution in [0.2, 0.25) is 0 Å². The number of amides is 2. The lowest BCUT2D eigenvalue weighted by Crippen LogP contribution is -2.48. The minimum Gasteiger partial charge on any atom is -0.336 e. The maximum atomic E-state index is 13.0. The first-order valence-electron chi connectivity index (χ1n) is 11.3. The zero-order chi connectivity index (χ0) is 24.2. The number of carbonyl (C=O) groups is 2. The number of pyridine rings is 1. The summed E-state index contributed by atoms with van der Waals surface area (Å²) in [7, 11) is 0. The summed E-state index contributed by atoms with van der Waals surface area (Å²) >= 11 is 1.67. The molecule has 0 spiro atoms. The number of benzene rings is 1. The van der Waals surface area contributed by atoms with E-state index >= 15 is 0 Å². The van der Waals surface area contributed by atoms with Crippen molar-refractivity contribution in [1.29, 1.82) is 0 Å². The van der Waals surface area contributed by atoms with Crippen molar-refractivity contribution in [3.63, 3.8) is 0 Å². The van der Waals surface area contributed by atoms with E-state index in [9.17, 15) is 9.59 Å². The second-order valence-corrected chi connectivity index (χ2v) is 9.40. The molecule has 0 bridgehead atoms. The molecule has 1 aliphatic rings. The molecule has 1 fully saturated rings. The summed E-state index contributed by atoms with van der Waals surface area (Å²) < 4.78 is 1.66. The van der Waals surface area contributed by atoms with Crippen molar-refractivity contribution >= 4 is 28.8 Å². The fraction of sp³-hybridized carbons (Fsp3) is 0.240. The van der Waals surface area contributed by atoms with Crippen LogP contribution in [0.1, 0.15) is 31.4 Å². The van der Waals surface area contributed by atoms with E-state index < -0.39 is 0 Å². The van der Waals surface area contributed by atoms with Gasteiger partial charge in [-0.25, -0.2) is 9.67 Å². The number of hydrogen-bond donors (Lipinski definition) is 1. The van der Waals surface area contributed by atoms with Gasteiger partial charge in [-0.2, -0.15) is 5.10 Å². The van der Waals surface area contributed by atoms with Gasteiger partial charge in [-0.1, -0.05) is 0 Å². The van der Waals surface area contributed by atoms with Crippen LogP contribution in [0.25, 0.3) is 5.69 Å². The summed E-state index contributed by atoms with van der Waals surface area (Å²) in [6.07, 6.45) is 6.44. The molecule has 0 atom stereocenters. The third-order valence-corrected chi connectivity index (χ3v) is 6.68. The largest absolute Gasteiger partial charge is 0.336 e. The Hall–Kier alpha value is -3.89. The Morgan fingerprint density at radius 2 is 1.83 bits per heavy atom. The molecule has 1 N–H and O–H groups in total. The normalized spacial score (nSPS) is 14.1. The zero-order valence-electron chi connectivity index (χ0n) is 19.3. The van der Waals surface area contributed by atoms with Gasteiger partial charge in [0, 0.05) is 56.1 Å². The van der Waals surface area contributed by atoms with E-state index in [4.69, 9.17) is 0 Å². The van der Waals surface area contributed by atoms with Crippen LogP contribution in [0.5, 0.6) is 0 Å². The second kappa shape index (κ2) is 10.2. The van der Waals surface area contributed by atoms with Crippen LogP contribution in [-0.2, 0) is 6.54 Å². The molecular weight excluding hydrogens is 462 g/mol. The number of carbonyl (C=O) groups excluding carboxylic acids is 2. The highest BCUT2D eigenvalue weighted by molar-refractivity contribution is 7.09. The van der Waals surface area contributed by atoms with Crippen LogP contribution in [0.15, 0.2) is 66.6 Å². The van der Waals surface area contributed by atoms with Crippen LogP contribution < -0.4 is 5.32 Å². The highest BCUT2D eigenvalue weighted by Gasteiger charge is 2.22. The molecule has 3 aromatic heterocycles. The molecule has 178 valence electrons. The van der Waals surface area contributed by atoms with E-state index in [0.29, 0.717) is 29.9 Å². The molecule has 9 nitrogen and oxygen atoms in total. The smallest absolute Gasteiger partial charge is 0.257 e. The van der Waals surface area contributed by atoms with E-state index in [-0.39, 0.29) is 11.8 Å². The molecule has 4 heterocycles. The van der Waals surface area contributed by atoms with Crippen LogP contribution in [0.4, 0.5) is 5.69 Å². The first-order chi connectivity index (χ1) is 17.0. The average molecular weight is 488 g/mol. The molecule has 2 amide bonds. The summed E-state index contributed by atoms with van der Waals surface area (Å²) in [5.74, 6) is -0.217. The van der Waals surface area contributed by atoms with Crippen LogP contribution >= 0.6 is 11.3 Å². The summed E-state index contributed by atoms with van der Waals surface area (Å²) in [5, 5.41) is 10.3. The van der Waals surface area contributed by atoms with Gasteiger partial charge in [0.25, 0.3) is 11.8 Å². The molecule has 0 unspecified atom stereocenters. The lowest BCUT2D eigenvalue weighted by Gasteiger charge is -2.34. The molecule has 1 saturated heterocycles. The number of nitrogens with zero attached hydrogens (tertiary/aromatic N) is 6. The summed E-state index contributed by atoms with van der Waals surface area (Å²) in [5.41, 5.74) is 3.59. The van der Waals surface area contributed by atoms with Crippen molar-refractivity contribution in [2.45, 2.75) is 13.5 Å². The SMILES string of the molecule is Cc1nc(CN2CCN(C(=O)c3ccc(-n4cc(NC(=O)c5cccnc5)cn4)cc3)CC2)cs1. The van der Waals surface area contributed by atoms with Crippen molar-refractivity contribution < 1.29 is 9.59 Å². The third-order valence-electron chi connectivity index (χ3n) is 5.85. The number of hydrogen-bond acceptors (Lipinski definition) is 7. The summed E-state index contributed by atoms with van der Waals surface area (Å²) in [6.45, 7) is 5.91. The number of aryl methyl sites for hydroxylation is 1. The number of aromatic nitrogens is 4. The van der Waals surface area contributed by atoms with Gasteiger partial charge in [-0.3, -0.25) is 19.5 Å². The second-order valence-electron chi connectivity index (χ2n) is 8.34. The highest BCUT2D eigenvalue weighted by Crippen LogP contribution is 2.17. The van der Waals surface area contributed by atoms with E-state index in [1.807, 2.05) is 36.1 Å². The fourth-order valence-electron chi connectivity index (χ4n) is 3.99. The predicted molar refractivity (Wildman–Crippen MR) is 134 cm³/mol. The fourth-order valence-corrected chi connectivity index (χ4v) is 4.59. The quantitative estimate of drug-likeness (QED) is 0.449. The average Bonchev–Trinajstić information content (AvgIpc) is 3.53. The van der Waals surface area contributed by atoms with E-state index in [1.165, 1.54) is 6.20 Å². The van der Waals surface area contributed by atoms with Crippen molar-refractivity contribution in [2.75, 3.05) is 31.5 Å². The van der Waals surface area contributed by atoms with Gasteiger partial charge < -0.3 is 10.2 Å². The third kappa shape index (κ3) is 5.44.